The van der Waals surface area contributed by atoms with Gasteiger partial charge in [-0.25, -0.2) is 9.18 Å². The Hall–Kier alpha value is -2.36. The van der Waals surface area contributed by atoms with Gasteiger partial charge in [-0.15, -0.1) is 0 Å². The molecule has 0 bridgehead atoms. The molecule has 0 spiro atoms. The van der Waals surface area contributed by atoms with Gasteiger partial charge in [-0.1, -0.05) is 12.1 Å². The van der Waals surface area contributed by atoms with Gasteiger partial charge in [-0.2, -0.15) is 0 Å². The number of hydrogen-bond donors (Lipinski definition) is 1. The van der Waals surface area contributed by atoms with Gasteiger partial charge in [-0.05, 0) is 55.8 Å². The molecule has 21 heavy (non-hydrogen) atoms. The van der Waals surface area contributed by atoms with E-state index in [1.54, 1.807) is 30.3 Å². The molecule has 0 saturated carbocycles. The molecule has 2 aromatic carbocycles. The van der Waals surface area contributed by atoms with Crippen LogP contribution in [0.15, 0.2) is 48.5 Å². The van der Waals surface area contributed by atoms with Gasteiger partial charge in [0.15, 0.2) is 0 Å². The van der Waals surface area contributed by atoms with Crippen molar-refractivity contribution in [3.05, 3.63) is 65.5 Å². The SMILES string of the molecule is CC(C)OC(=O)c1ccc(NCc2cccc(F)c2)cc1. The van der Waals surface area contributed by atoms with Crippen molar-refractivity contribution in [3.8, 4) is 0 Å². The number of ether oxygens (including phenoxy) is 1. The summed E-state index contributed by atoms with van der Waals surface area (Å²) in [4.78, 5) is 11.7. The lowest BCUT2D eigenvalue weighted by Gasteiger charge is -2.09. The zero-order valence-corrected chi connectivity index (χ0v) is 12.1. The van der Waals surface area contributed by atoms with Crippen LogP contribution in [0.25, 0.3) is 0 Å². The lowest BCUT2D eigenvalue weighted by Crippen LogP contribution is -2.11. The third-order valence-electron chi connectivity index (χ3n) is 2.85. The summed E-state index contributed by atoms with van der Waals surface area (Å²) in [7, 11) is 0. The fourth-order valence-corrected chi connectivity index (χ4v) is 1.86. The maximum atomic E-state index is 13.1. The van der Waals surface area contributed by atoms with E-state index in [1.165, 1.54) is 12.1 Å². The Morgan fingerprint density at radius 1 is 1.19 bits per heavy atom. The summed E-state index contributed by atoms with van der Waals surface area (Å²) in [6, 6.07) is 13.4. The first-order valence-corrected chi connectivity index (χ1v) is 6.84. The van der Waals surface area contributed by atoms with Gasteiger partial charge in [0, 0.05) is 12.2 Å². The lowest BCUT2D eigenvalue weighted by atomic mass is 10.2. The quantitative estimate of drug-likeness (QED) is 0.845. The Morgan fingerprint density at radius 3 is 2.52 bits per heavy atom. The second-order valence-electron chi connectivity index (χ2n) is 5.01. The predicted octanol–water partition coefficient (Wildman–Crippen LogP) is 4.00. The molecule has 2 aromatic rings. The average molecular weight is 287 g/mol. The number of carbonyl (C=O) groups excluding carboxylic acids is 1. The smallest absolute Gasteiger partial charge is 0.338 e. The molecule has 0 aromatic heterocycles. The zero-order valence-electron chi connectivity index (χ0n) is 12.1. The van der Waals surface area contributed by atoms with Crippen LogP contribution in [0.3, 0.4) is 0 Å². The molecule has 0 heterocycles. The minimum atomic E-state index is -0.332. The van der Waals surface area contributed by atoms with Crippen LogP contribution in [0, 0.1) is 5.82 Å². The summed E-state index contributed by atoms with van der Waals surface area (Å²) < 4.78 is 18.2. The second kappa shape index (κ2) is 6.88. The topological polar surface area (TPSA) is 38.3 Å². The second-order valence-corrected chi connectivity index (χ2v) is 5.01. The number of anilines is 1. The summed E-state index contributed by atoms with van der Waals surface area (Å²) in [5, 5.41) is 3.18. The average Bonchev–Trinajstić information content (AvgIpc) is 2.45. The highest BCUT2D eigenvalue weighted by molar-refractivity contribution is 5.89. The molecule has 0 aliphatic rings. The monoisotopic (exact) mass is 287 g/mol. The zero-order chi connectivity index (χ0) is 15.2. The van der Waals surface area contributed by atoms with Crippen molar-refractivity contribution in [2.75, 3.05) is 5.32 Å². The highest BCUT2D eigenvalue weighted by Crippen LogP contribution is 2.13. The molecular formula is C17H18FNO2. The third kappa shape index (κ3) is 4.60. The summed E-state index contributed by atoms with van der Waals surface area (Å²) in [6.45, 7) is 4.15. The molecule has 0 atom stereocenters. The van der Waals surface area contributed by atoms with Crippen LogP contribution in [-0.4, -0.2) is 12.1 Å². The summed E-state index contributed by atoms with van der Waals surface area (Å²) in [5.41, 5.74) is 2.23. The summed E-state index contributed by atoms with van der Waals surface area (Å²) in [6.07, 6.45) is -0.136. The molecule has 0 radical (unpaired) electrons. The molecule has 4 heteroatoms. The van der Waals surface area contributed by atoms with E-state index in [9.17, 15) is 9.18 Å². The summed E-state index contributed by atoms with van der Waals surface area (Å²) in [5.74, 6) is -0.581. The normalized spacial score (nSPS) is 10.5. The van der Waals surface area contributed by atoms with E-state index in [0.29, 0.717) is 12.1 Å². The molecule has 110 valence electrons. The van der Waals surface area contributed by atoms with Crippen molar-refractivity contribution >= 4 is 11.7 Å². The van der Waals surface area contributed by atoms with E-state index in [0.717, 1.165) is 11.3 Å². The Bertz CT molecular complexity index is 608. The van der Waals surface area contributed by atoms with Gasteiger partial charge in [-0.3, -0.25) is 0 Å². The van der Waals surface area contributed by atoms with Crippen molar-refractivity contribution < 1.29 is 13.9 Å². The van der Waals surface area contributed by atoms with Crippen molar-refractivity contribution in [2.45, 2.75) is 26.5 Å². The van der Waals surface area contributed by atoms with Crippen molar-refractivity contribution in [2.24, 2.45) is 0 Å². The molecular weight excluding hydrogens is 269 g/mol. The Kier molecular flexibility index (Phi) is 4.93. The van der Waals surface area contributed by atoms with E-state index in [2.05, 4.69) is 5.32 Å². The molecule has 0 unspecified atom stereocenters. The van der Waals surface area contributed by atoms with Gasteiger partial charge in [0.05, 0.1) is 11.7 Å². The highest BCUT2D eigenvalue weighted by Gasteiger charge is 2.08. The fraction of sp³-hybridized carbons (Fsp3) is 0.235. The van der Waals surface area contributed by atoms with Crippen LogP contribution in [0.4, 0.5) is 10.1 Å². The minimum Gasteiger partial charge on any atom is -0.459 e. The van der Waals surface area contributed by atoms with Gasteiger partial charge < -0.3 is 10.1 Å². The minimum absolute atomic E-state index is 0.136. The third-order valence-corrected chi connectivity index (χ3v) is 2.85. The van der Waals surface area contributed by atoms with Crippen molar-refractivity contribution in [3.63, 3.8) is 0 Å². The molecule has 0 aliphatic carbocycles. The molecule has 0 aliphatic heterocycles. The van der Waals surface area contributed by atoms with Crippen molar-refractivity contribution in [1.82, 2.24) is 0 Å². The first-order chi connectivity index (χ1) is 10.0. The first-order valence-electron chi connectivity index (χ1n) is 6.84. The molecule has 3 nitrogen and oxygen atoms in total. The summed E-state index contributed by atoms with van der Waals surface area (Å²) >= 11 is 0. The Morgan fingerprint density at radius 2 is 1.90 bits per heavy atom. The maximum Gasteiger partial charge on any atom is 0.338 e. The van der Waals surface area contributed by atoms with Crippen LogP contribution in [0.1, 0.15) is 29.8 Å². The van der Waals surface area contributed by atoms with Gasteiger partial charge >= 0.3 is 5.97 Å². The van der Waals surface area contributed by atoms with Crippen LogP contribution in [-0.2, 0) is 11.3 Å². The highest BCUT2D eigenvalue weighted by atomic mass is 19.1. The largest absolute Gasteiger partial charge is 0.459 e. The van der Waals surface area contributed by atoms with Crippen LogP contribution in [0.5, 0.6) is 0 Å². The number of rotatable bonds is 5. The van der Waals surface area contributed by atoms with E-state index in [4.69, 9.17) is 4.74 Å². The molecule has 1 N–H and O–H groups in total. The van der Waals surface area contributed by atoms with E-state index >= 15 is 0 Å². The number of halogens is 1. The van der Waals surface area contributed by atoms with E-state index in [-0.39, 0.29) is 17.9 Å². The van der Waals surface area contributed by atoms with Crippen LogP contribution < -0.4 is 5.32 Å². The molecule has 0 saturated heterocycles. The number of benzene rings is 2. The first kappa shape index (κ1) is 15.0. The predicted molar refractivity (Wildman–Crippen MR) is 80.7 cm³/mol. The van der Waals surface area contributed by atoms with Gasteiger partial charge in [0.2, 0.25) is 0 Å². The van der Waals surface area contributed by atoms with E-state index < -0.39 is 0 Å². The molecule has 0 amide bonds. The van der Waals surface area contributed by atoms with Gasteiger partial charge in [0.25, 0.3) is 0 Å². The van der Waals surface area contributed by atoms with Gasteiger partial charge in [0.1, 0.15) is 5.82 Å². The van der Waals surface area contributed by atoms with Crippen LogP contribution >= 0.6 is 0 Å². The number of esters is 1. The number of hydrogen-bond acceptors (Lipinski definition) is 3. The standard InChI is InChI=1S/C17H18FNO2/c1-12(2)21-17(20)14-6-8-16(9-7-14)19-11-13-4-3-5-15(18)10-13/h3-10,12,19H,11H2,1-2H3. The Balaban J connectivity index is 1.95. The Labute approximate surface area is 123 Å². The van der Waals surface area contributed by atoms with E-state index in [1.807, 2.05) is 19.9 Å². The maximum absolute atomic E-state index is 13.1. The molecule has 2 rings (SSSR count). The molecule has 0 fully saturated rings. The fourth-order valence-electron chi connectivity index (χ4n) is 1.86. The van der Waals surface area contributed by atoms with Crippen molar-refractivity contribution in [1.29, 1.82) is 0 Å². The lowest BCUT2D eigenvalue weighted by molar-refractivity contribution is 0.0378. The number of nitrogens with one attached hydrogen (secondary N) is 1. The number of carbonyl (C=O) groups is 1. The van der Waals surface area contributed by atoms with Crippen LogP contribution in [0.2, 0.25) is 0 Å².